The average Bonchev–Trinajstić information content (AvgIpc) is 2.11. The van der Waals surface area contributed by atoms with Gasteiger partial charge in [0.1, 0.15) is 0 Å². The van der Waals surface area contributed by atoms with Gasteiger partial charge in [-0.3, -0.25) is 8.37 Å². The molecule has 18 heavy (non-hydrogen) atoms. The highest BCUT2D eigenvalue weighted by Crippen LogP contribution is 2.33. The fourth-order valence-corrected chi connectivity index (χ4v) is 2.46. The zero-order valence-electron chi connectivity index (χ0n) is 10.4. The standard InChI is InChI=1S/C9H18O7S2/c1-17(10,11)15-5-3-4-9(6-14-7-9)8-16-18(2,12)13/h3-8H2,1-2H3. The van der Waals surface area contributed by atoms with E-state index in [2.05, 4.69) is 4.18 Å². The summed E-state index contributed by atoms with van der Waals surface area (Å²) in [4.78, 5) is 0. The third kappa shape index (κ3) is 6.10. The molecule has 108 valence electrons. The van der Waals surface area contributed by atoms with Crippen LogP contribution in [0.5, 0.6) is 0 Å². The van der Waals surface area contributed by atoms with Crippen molar-refractivity contribution in [3.05, 3.63) is 0 Å². The topological polar surface area (TPSA) is 96.0 Å². The Bertz CT molecular complexity index is 461. The van der Waals surface area contributed by atoms with Gasteiger partial charge in [0, 0.05) is 5.41 Å². The summed E-state index contributed by atoms with van der Waals surface area (Å²) in [5.74, 6) is 0. The van der Waals surface area contributed by atoms with Gasteiger partial charge in [-0.1, -0.05) is 0 Å². The van der Waals surface area contributed by atoms with Crippen LogP contribution in [0.15, 0.2) is 0 Å². The second-order valence-electron chi connectivity index (χ2n) is 4.59. The number of hydrogen-bond acceptors (Lipinski definition) is 7. The smallest absolute Gasteiger partial charge is 0.264 e. The molecule has 0 aromatic heterocycles. The minimum atomic E-state index is -3.47. The Balaban J connectivity index is 2.33. The van der Waals surface area contributed by atoms with E-state index in [-0.39, 0.29) is 18.6 Å². The van der Waals surface area contributed by atoms with Crippen LogP contribution in [-0.2, 0) is 33.3 Å². The van der Waals surface area contributed by atoms with Crippen molar-refractivity contribution in [3.63, 3.8) is 0 Å². The van der Waals surface area contributed by atoms with Gasteiger partial charge in [-0.05, 0) is 12.8 Å². The van der Waals surface area contributed by atoms with E-state index < -0.39 is 20.2 Å². The van der Waals surface area contributed by atoms with E-state index in [0.29, 0.717) is 26.1 Å². The molecule has 0 spiro atoms. The predicted molar refractivity (Wildman–Crippen MR) is 64.1 cm³/mol. The van der Waals surface area contributed by atoms with Crippen LogP contribution in [0, 0.1) is 5.41 Å². The summed E-state index contributed by atoms with van der Waals surface area (Å²) in [5, 5.41) is 0. The van der Waals surface area contributed by atoms with Gasteiger partial charge in [-0.2, -0.15) is 16.8 Å². The maximum absolute atomic E-state index is 10.9. The Labute approximate surface area is 108 Å². The third-order valence-electron chi connectivity index (χ3n) is 2.54. The van der Waals surface area contributed by atoms with Crippen LogP contribution in [0.4, 0.5) is 0 Å². The van der Waals surface area contributed by atoms with E-state index in [1.807, 2.05) is 0 Å². The highest BCUT2D eigenvalue weighted by molar-refractivity contribution is 7.86. The summed E-state index contributed by atoms with van der Waals surface area (Å²) >= 11 is 0. The van der Waals surface area contributed by atoms with Gasteiger partial charge in [0.2, 0.25) is 0 Å². The number of ether oxygens (including phenoxy) is 1. The lowest BCUT2D eigenvalue weighted by Gasteiger charge is -2.40. The average molecular weight is 302 g/mol. The lowest BCUT2D eigenvalue weighted by molar-refractivity contribution is -0.136. The van der Waals surface area contributed by atoms with Crippen LogP contribution >= 0.6 is 0 Å². The third-order valence-corrected chi connectivity index (χ3v) is 3.69. The molecule has 9 heteroatoms. The Morgan fingerprint density at radius 1 is 1.06 bits per heavy atom. The quantitative estimate of drug-likeness (QED) is 0.450. The summed E-state index contributed by atoms with van der Waals surface area (Å²) in [7, 11) is -6.89. The fraction of sp³-hybridized carbons (Fsp3) is 1.00. The molecule has 0 amide bonds. The fourth-order valence-electron chi connectivity index (χ4n) is 1.58. The first-order valence-corrected chi connectivity index (χ1v) is 9.02. The zero-order valence-corrected chi connectivity index (χ0v) is 12.0. The molecule has 0 unspecified atom stereocenters. The molecule has 1 aliphatic rings. The lowest BCUT2D eigenvalue weighted by Crippen LogP contribution is -2.46. The van der Waals surface area contributed by atoms with E-state index in [1.54, 1.807) is 0 Å². The van der Waals surface area contributed by atoms with Crippen molar-refractivity contribution < 1.29 is 29.9 Å². The van der Waals surface area contributed by atoms with E-state index >= 15 is 0 Å². The zero-order chi connectivity index (χ0) is 13.9. The lowest BCUT2D eigenvalue weighted by atomic mass is 9.82. The predicted octanol–water partition coefficient (Wildman–Crippen LogP) is -0.264. The monoisotopic (exact) mass is 302 g/mol. The summed E-state index contributed by atoms with van der Waals surface area (Å²) in [6.07, 6.45) is 3.08. The largest absolute Gasteiger partial charge is 0.380 e. The van der Waals surface area contributed by atoms with Crippen molar-refractivity contribution in [1.29, 1.82) is 0 Å². The van der Waals surface area contributed by atoms with Gasteiger partial charge < -0.3 is 4.74 Å². The van der Waals surface area contributed by atoms with Gasteiger partial charge in [0.25, 0.3) is 20.2 Å². The summed E-state index contributed by atoms with van der Waals surface area (Å²) in [6, 6.07) is 0. The first kappa shape index (κ1) is 15.8. The van der Waals surface area contributed by atoms with E-state index in [4.69, 9.17) is 8.92 Å². The molecule has 1 fully saturated rings. The Morgan fingerprint density at radius 2 is 1.61 bits per heavy atom. The van der Waals surface area contributed by atoms with E-state index in [1.165, 1.54) is 0 Å². The second-order valence-corrected chi connectivity index (χ2v) is 7.88. The van der Waals surface area contributed by atoms with Gasteiger partial charge in [-0.15, -0.1) is 0 Å². The van der Waals surface area contributed by atoms with E-state index in [9.17, 15) is 16.8 Å². The summed E-state index contributed by atoms with van der Waals surface area (Å²) < 4.78 is 57.8. The van der Waals surface area contributed by atoms with Crippen LogP contribution < -0.4 is 0 Å². The molecular weight excluding hydrogens is 284 g/mol. The van der Waals surface area contributed by atoms with Gasteiger partial charge in [0.15, 0.2) is 0 Å². The van der Waals surface area contributed by atoms with Gasteiger partial charge >= 0.3 is 0 Å². The maximum atomic E-state index is 10.9. The molecule has 0 aromatic rings. The molecule has 1 aliphatic heterocycles. The van der Waals surface area contributed by atoms with Crippen molar-refractivity contribution in [2.75, 3.05) is 38.9 Å². The van der Waals surface area contributed by atoms with E-state index in [0.717, 1.165) is 12.5 Å². The highest BCUT2D eigenvalue weighted by atomic mass is 32.2. The molecule has 0 atom stereocenters. The number of rotatable bonds is 8. The van der Waals surface area contributed by atoms with Crippen LogP contribution in [0.25, 0.3) is 0 Å². The molecule has 0 aromatic carbocycles. The molecule has 1 saturated heterocycles. The second kappa shape index (κ2) is 5.83. The molecule has 0 radical (unpaired) electrons. The molecule has 1 rings (SSSR count). The SMILES string of the molecule is CS(=O)(=O)OCCCC1(COS(C)(=O)=O)COC1. The van der Waals surface area contributed by atoms with Gasteiger partial charge in [0.05, 0.1) is 38.9 Å². The van der Waals surface area contributed by atoms with Crippen LogP contribution in [0.3, 0.4) is 0 Å². The molecule has 1 heterocycles. The molecule has 0 aliphatic carbocycles. The first-order chi connectivity index (χ1) is 8.12. The molecule has 0 N–H and O–H groups in total. The minimum absolute atomic E-state index is 0.0602. The Morgan fingerprint density at radius 3 is 2.00 bits per heavy atom. The van der Waals surface area contributed by atoms with Gasteiger partial charge in [-0.25, -0.2) is 0 Å². The van der Waals surface area contributed by atoms with Crippen molar-refractivity contribution in [3.8, 4) is 0 Å². The van der Waals surface area contributed by atoms with Crippen molar-refractivity contribution in [1.82, 2.24) is 0 Å². The van der Waals surface area contributed by atoms with Crippen molar-refractivity contribution >= 4 is 20.2 Å². The number of hydrogen-bond donors (Lipinski definition) is 0. The summed E-state index contributed by atoms with van der Waals surface area (Å²) in [6.45, 7) is 0.979. The van der Waals surface area contributed by atoms with Crippen LogP contribution in [-0.4, -0.2) is 55.8 Å². The normalized spacial score (nSPS) is 19.4. The molecule has 0 bridgehead atoms. The molecule has 0 saturated carbocycles. The van der Waals surface area contributed by atoms with Crippen molar-refractivity contribution in [2.24, 2.45) is 5.41 Å². The first-order valence-electron chi connectivity index (χ1n) is 5.39. The summed E-state index contributed by atoms with van der Waals surface area (Å²) in [5.41, 5.74) is -0.343. The van der Waals surface area contributed by atoms with Crippen molar-refractivity contribution in [2.45, 2.75) is 12.8 Å². The Kier molecular flexibility index (Phi) is 5.13. The van der Waals surface area contributed by atoms with Crippen LogP contribution in [0.2, 0.25) is 0 Å². The van der Waals surface area contributed by atoms with Crippen LogP contribution in [0.1, 0.15) is 12.8 Å². The molecule has 7 nitrogen and oxygen atoms in total. The minimum Gasteiger partial charge on any atom is -0.380 e. The Hall–Kier alpha value is -0.220. The maximum Gasteiger partial charge on any atom is 0.264 e. The highest BCUT2D eigenvalue weighted by Gasteiger charge is 2.39. The molecular formula is C9H18O7S2.